The number of aryl methyl sites for hydroxylation is 1. The van der Waals surface area contributed by atoms with Crippen LogP contribution >= 0.6 is 0 Å². The smallest absolute Gasteiger partial charge is 0.279 e. The van der Waals surface area contributed by atoms with Crippen molar-refractivity contribution in [3.8, 4) is 6.07 Å². The van der Waals surface area contributed by atoms with Gasteiger partial charge in [0.05, 0.1) is 41.0 Å². The topological polar surface area (TPSA) is 60.1 Å². The van der Waals surface area contributed by atoms with E-state index in [1.54, 1.807) is 25.1 Å². The molecule has 1 unspecified atom stereocenters. The Morgan fingerprint density at radius 2 is 1.93 bits per heavy atom. The third kappa shape index (κ3) is 2.81. The monoisotopic (exact) mass is 375 g/mol. The Bertz CT molecular complexity index is 1010. The average Bonchev–Trinajstić information content (AvgIpc) is 3.00. The van der Waals surface area contributed by atoms with Crippen LogP contribution in [-0.4, -0.2) is 35.0 Å². The quantitative estimate of drug-likeness (QED) is 0.641. The summed E-state index contributed by atoms with van der Waals surface area (Å²) in [6.07, 6.45) is -6.29. The predicted octanol–water partition coefficient (Wildman–Crippen LogP) is 4.34. The molecule has 0 amide bonds. The first-order valence-electron chi connectivity index (χ1n) is 7.82. The summed E-state index contributed by atoms with van der Waals surface area (Å²) in [6.45, 7) is 9.12. The second-order valence-electron chi connectivity index (χ2n) is 6.01. The molecular formula is C18H13F4N5. The highest BCUT2D eigenvalue weighted by Crippen LogP contribution is 2.45. The molecule has 1 atom stereocenters. The van der Waals surface area contributed by atoms with Crippen LogP contribution < -0.4 is 0 Å². The van der Waals surface area contributed by atoms with Gasteiger partial charge in [0.25, 0.3) is 12.9 Å². The molecule has 9 heteroatoms. The van der Waals surface area contributed by atoms with Crippen LogP contribution in [0, 0.1) is 24.8 Å². The minimum Gasteiger partial charge on any atom is -0.351 e. The number of nitrogens with zero attached hydrogens (tertiary/aromatic N) is 4. The highest BCUT2D eigenvalue weighted by Gasteiger charge is 2.41. The normalized spacial score (nSPS) is 17.9. The van der Waals surface area contributed by atoms with Crippen molar-refractivity contribution in [2.75, 3.05) is 7.05 Å². The third-order valence-corrected chi connectivity index (χ3v) is 4.58. The molecule has 2 heterocycles. The van der Waals surface area contributed by atoms with E-state index in [1.807, 2.05) is 0 Å². The van der Waals surface area contributed by atoms with Gasteiger partial charge in [0.2, 0.25) is 5.70 Å². The number of hydrogen-bond acceptors (Lipinski definition) is 3. The molecule has 0 spiro atoms. The van der Waals surface area contributed by atoms with Crippen LogP contribution in [0.2, 0.25) is 0 Å². The molecule has 0 radical (unpaired) electrons. The Morgan fingerprint density at radius 1 is 1.26 bits per heavy atom. The van der Waals surface area contributed by atoms with E-state index in [4.69, 9.17) is 6.57 Å². The lowest BCUT2D eigenvalue weighted by molar-refractivity contribution is 0.118. The number of nitrogens with one attached hydrogen (secondary N) is 1. The summed E-state index contributed by atoms with van der Waals surface area (Å²) in [7, 11) is 1.02. The Morgan fingerprint density at radius 3 is 2.48 bits per heavy atom. The van der Waals surface area contributed by atoms with E-state index >= 15 is 0 Å². The molecule has 138 valence electrons. The number of nitriles is 1. The summed E-state index contributed by atoms with van der Waals surface area (Å²) >= 11 is 0. The highest BCUT2D eigenvalue weighted by molar-refractivity contribution is 5.82. The second-order valence-corrected chi connectivity index (χ2v) is 6.01. The molecule has 0 saturated carbocycles. The first-order chi connectivity index (χ1) is 12.8. The molecule has 27 heavy (non-hydrogen) atoms. The van der Waals surface area contributed by atoms with Gasteiger partial charge in [0, 0.05) is 18.1 Å². The van der Waals surface area contributed by atoms with Crippen molar-refractivity contribution in [3.05, 3.63) is 63.5 Å². The molecular weight excluding hydrogens is 362 g/mol. The molecule has 5 nitrogen and oxygen atoms in total. The number of fused-ring (bicyclic) bond motifs is 1. The van der Waals surface area contributed by atoms with Gasteiger partial charge < -0.3 is 4.90 Å². The van der Waals surface area contributed by atoms with E-state index < -0.39 is 41.4 Å². The van der Waals surface area contributed by atoms with E-state index in [2.05, 4.69) is 15.0 Å². The summed E-state index contributed by atoms with van der Waals surface area (Å²) in [4.78, 5) is 3.76. The van der Waals surface area contributed by atoms with Crippen LogP contribution in [0.1, 0.15) is 17.2 Å². The molecule has 0 saturated heterocycles. The van der Waals surface area contributed by atoms with Crippen molar-refractivity contribution in [1.82, 2.24) is 15.1 Å². The molecule has 1 N–H and O–H groups in total. The molecule has 0 bridgehead atoms. The standard InChI is InChI=1S/C18H13F4N5/c1-8-10-6-9(4-5-12(10)26-25-8)13-11(7-23)15(17(19)20)27(3)16(18(21)22)14(13)24-2/h4-6,13,17-18H,1,3H3,(H,25,26). The van der Waals surface area contributed by atoms with Gasteiger partial charge in [-0.15, -0.1) is 0 Å². The zero-order chi connectivity index (χ0) is 19.9. The largest absolute Gasteiger partial charge is 0.351 e. The minimum atomic E-state index is -3.15. The van der Waals surface area contributed by atoms with Crippen LogP contribution in [0.5, 0.6) is 0 Å². The first-order valence-corrected chi connectivity index (χ1v) is 7.82. The van der Waals surface area contributed by atoms with Crippen molar-refractivity contribution < 1.29 is 17.6 Å². The maximum Gasteiger partial charge on any atom is 0.279 e. The Hall–Kier alpha value is -3.33. The van der Waals surface area contributed by atoms with Gasteiger partial charge >= 0.3 is 0 Å². The van der Waals surface area contributed by atoms with Gasteiger partial charge in [-0.05, 0) is 24.6 Å². The van der Waals surface area contributed by atoms with Crippen LogP contribution in [0.4, 0.5) is 17.6 Å². The van der Waals surface area contributed by atoms with Crippen LogP contribution in [0.15, 0.2) is 40.9 Å². The number of allylic oxidation sites excluding steroid dienone is 3. The summed E-state index contributed by atoms with van der Waals surface area (Å²) in [6, 6.07) is 6.39. The first kappa shape index (κ1) is 18.5. The summed E-state index contributed by atoms with van der Waals surface area (Å²) < 4.78 is 54.5. The van der Waals surface area contributed by atoms with Crippen molar-refractivity contribution >= 4 is 10.9 Å². The van der Waals surface area contributed by atoms with Crippen molar-refractivity contribution in [3.63, 3.8) is 0 Å². The lowest BCUT2D eigenvalue weighted by Gasteiger charge is -2.34. The Balaban J connectivity index is 2.34. The fraction of sp³-hybridized carbons (Fsp3) is 0.278. The minimum absolute atomic E-state index is 0.305. The van der Waals surface area contributed by atoms with Crippen molar-refractivity contribution in [1.29, 1.82) is 5.26 Å². The fourth-order valence-corrected chi connectivity index (χ4v) is 3.34. The molecule has 2 aromatic rings. The maximum atomic E-state index is 13.6. The molecule has 1 aromatic heterocycles. The van der Waals surface area contributed by atoms with Gasteiger partial charge in [-0.2, -0.15) is 10.4 Å². The van der Waals surface area contributed by atoms with E-state index in [9.17, 15) is 22.8 Å². The van der Waals surface area contributed by atoms with E-state index in [1.165, 1.54) is 6.07 Å². The van der Waals surface area contributed by atoms with Crippen molar-refractivity contribution in [2.24, 2.45) is 0 Å². The Kier molecular flexibility index (Phi) is 4.63. The fourth-order valence-electron chi connectivity index (χ4n) is 3.34. The van der Waals surface area contributed by atoms with E-state index in [0.717, 1.165) is 7.05 Å². The number of halogens is 4. The van der Waals surface area contributed by atoms with Gasteiger partial charge in [0.15, 0.2) is 0 Å². The van der Waals surface area contributed by atoms with Crippen LogP contribution in [0.3, 0.4) is 0 Å². The van der Waals surface area contributed by atoms with Crippen LogP contribution in [-0.2, 0) is 0 Å². The molecule has 3 rings (SSSR count). The third-order valence-electron chi connectivity index (χ3n) is 4.58. The molecule has 0 fully saturated rings. The molecule has 1 aromatic carbocycles. The Labute approximate surface area is 152 Å². The second kappa shape index (κ2) is 6.76. The van der Waals surface area contributed by atoms with Gasteiger partial charge in [-0.1, -0.05) is 6.07 Å². The van der Waals surface area contributed by atoms with Crippen molar-refractivity contribution in [2.45, 2.75) is 25.7 Å². The summed E-state index contributed by atoms with van der Waals surface area (Å²) in [5.74, 6) is -1.30. The number of rotatable bonds is 3. The zero-order valence-electron chi connectivity index (χ0n) is 14.3. The predicted molar refractivity (Wildman–Crippen MR) is 89.6 cm³/mol. The highest BCUT2D eigenvalue weighted by atomic mass is 19.3. The van der Waals surface area contributed by atoms with E-state index in [0.29, 0.717) is 27.1 Å². The average molecular weight is 375 g/mol. The SMILES string of the molecule is [C-]#[N+]C1=C(C(F)F)N(C)C(C(F)F)=C(C#N)C1c1ccc2n[nH]c(C)c2c1. The number of aromatic amines is 1. The number of H-pyrrole nitrogens is 1. The molecule has 1 aliphatic heterocycles. The number of aromatic nitrogens is 2. The van der Waals surface area contributed by atoms with Gasteiger partial charge in [0.1, 0.15) is 0 Å². The van der Waals surface area contributed by atoms with Gasteiger partial charge in [-0.3, -0.25) is 5.10 Å². The van der Waals surface area contributed by atoms with Crippen LogP contribution in [0.25, 0.3) is 15.7 Å². The summed E-state index contributed by atoms with van der Waals surface area (Å²) in [5.41, 5.74) is -0.874. The summed E-state index contributed by atoms with van der Waals surface area (Å²) in [5, 5.41) is 17.0. The lowest BCUT2D eigenvalue weighted by Crippen LogP contribution is -2.34. The van der Waals surface area contributed by atoms with E-state index in [-0.39, 0.29) is 0 Å². The molecule has 0 aliphatic carbocycles. The zero-order valence-corrected chi connectivity index (χ0v) is 14.3. The number of hydrogen-bond donors (Lipinski definition) is 1. The van der Waals surface area contributed by atoms with Gasteiger partial charge in [-0.25, -0.2) is 22.4 Å². The maximum absolute atomic E-state index is 13.6. The number of alkyl halides is 4. The lowest BCUT2D eigenvalue weighted by atomic mass is 9.83. The number of benzene rings is 1. The molecule has 1 aliphatic rings.